The minimum absolute atomic E-state index is 0.466. The van der Waals surface area contributed by atoms with Crippen LogP contribution in [0.4, 0.5) is 0 Å². The average Bonchev–Trinajstić information content (AvgIpc) is 2.39. The molecule has 0 saturated heterocycles. The Morgan fingerprint density at radius 3 is 2.67 bits per heavy atom. The Labute approximate surface area is 118 Å². The summed E-state index contributed by atoms with van der Waals surface area (Å²) < 4.78 is 0.997. The number of aromatic nitrogens is 2. The normalized spacial score (nSPS) is 10.8. The molecule has 1 aromatic carbocycles. The van der Waals surface area contributed by atoms with Crippen LogP contribution in [0.1, 0.15) is 0 Å². The van der Waals surface area contributed by atoms with Crippen LogP contribution in [-0.2, 0) is 0 Å². The lowest BCUT2D eigenvalue weighted by atomic mass is 10.1. The fourth-order valence-electron chi connectivity index (χ4n) is 1.85. The number of benzene rings is 1. The number of nitrogens with zero attached hydrogens (tertiary/aromatic N) is 2. The molecule has 0 amide bonds. The summed E-state index contributed by atoms with van der Waals surface area (Å²) in [5, 5.41) is 1.45. The minimum atomic E-state index is 0.466. The van der Waals surface area contributed by atoms with Gasteiger partial charge in [-0.05, 0) is 29.8 Å². The molecule has 0 radical (unpaired) electrons. The van der Waals surface area contributed by atoms with Crippen LogP contribution in [0, 0.1) is 0 Å². The van der Waals surface area contributed by atoms with Gasteiger partial charge in [-0.15, -0.1) is 0 Å². The topological polar surface area (TPSA) is 25.8 Å². The predicted octanol–water partition coefficient (Wildman–Crippen LogP) is 4.71. The van der Waals surface area contributed by atoms with Gasteiger partial charge in [-0.1, -0.05) is 45.7 Å². The van der Waals surface area contributed by atoms with Crippen molar-refractivity contribution < 1.29 is 0 Å². The highest BCUT2D eigenvalue weighted by atomic mass is 79.9. The maximum absolute atomic E-state index is 6.24. The van der Waals surface area contributed by atoms with Crippen molar-refractivity contribution >= 4 is 38.6 Å². The molecule has 0 unspecified atom stereocenters. The van der Waals surface area contributed by atoms with E-state index in [1.54, 1.807) is 6.20 Å². The second-order valence-electron chi connectivity index (χ2n) is 3.86. The second-order valence-corrected chi connectivity index (χ2v) is 5.07. The van der Waals surface area contributed by atoms with Gasteiger partial charge in [0.05, 0.1) is 0 Å². The molecule has 3 aromatic rings. The first-order chi connectivity index (χ1) is 8.75. The maximum atomic E-state index is 6.24. The number of hydrogen-bond donors (Lipinski definition) is 0. The number of rotatable bonds is 1. The van der Waals surface area contributed by atoms with E-state index in [1.165, 1.54) is 0 Å². The van der Waals surface area contributed by atoms with E-state index in [0.29, 0.717) is 10.8 Å². The molecule has 18 heavy (non-hydrogen) atoms. The van der Waals surface area contributed by atoms with Crippen molar-refractivity contribution in [1.82, 2.24) is 9.97 Å². The quantitative estimate of drug-likeness (QED) is 0.607. The zero-order valence-corrected chi connectivity index (χ0v) is 11.6. The third-order valence-electron chi connectivity index (χ3n) is 2.71. The molecule has 2 heterocycles. The summed E-state index contributed by atoms with van der Waals surface area (Å²) in [6.45, 7) is 0. The molecule has 3 rings (SSSR count). The summed E-state index contributed by atoms with van der Waals surface area (Å²) in [4.78, 5) is 8.52. The molecule has 4 heteroatoms. The lowest BCUT2D eigenvalue weighted by Crippen LogP contribution is -1.88. The Morgan fingerprint density at radius 2 is 1.83 bits per heavy atom. The molecule has 0 atom stereocenters. The van der Waals surface area contributed by atoms with Crippen LogP contribution in [-0.4, -0.2) is 9.97 Å². The fraction of sp³-hybridized carbons (Fsp3) is 0. The van der Waals surface area contributed by atoms with Gasteiger partial charge in [-0.2, -0.15) is 0 Å². The van der Waals surface area contributed by atoms with Crippen molar-refractivity contribution in [2.75, 3.05) is 0 Å². The molecule has 0 aliphatic heterocycles. The second kappa shape index (κ2) is 4.67. The van der Waals surface area contributed by atoms with Crippen molar-refractivity contribution in [2.24, 2.45) is 0 Å². The van der Waals surface area contributed by atoms with Crippen molar-refractivity contribution in [2.45, 2.75) is 0 Å². The third kappa shape index (κ3) is 2.00. The highest BCUT2D eigenvalue weighted by molar-refractivity contribution is 9.10. The van der Waals surface area contributed by atoms with Gasteiger partial charge >= 0.3 is 0 Å². The highest BCUT2D eigenvalue weighted by Gasteiger charge is 2.10. The summed E-state index contributed by atoms with van der Waals surface area (Å²) in [5.74, 6) is 0. The number of pyridine rings is 2. The summed E-state index contributed by atoms with van der Waals surface area (Å²) in [5.41, 5.74) is 2.60. The zero-order chi connectivity index (χ0) is 12.5. The van der Waals surface area contributed by atoms with Crippen molar-refractivity contribution in [3.05, 3.63) is 58.3 Å². The molecule has 2 nitrogen and oxygen atoms in total. The van der Waals surface area contributed by atoms with Crippen LogP contribution in [0.2, 0.25) is 5.15 Å². The number of fused-ring (bicyclic) bond motifs is 1. The lowest BCUT2D eigenvalue weighted by Gasteiger charge is -2.07. The molecule has 2 aromatic heterocycles. The largest absolute Gasteiger partial charge is 0.237 e. The number of halogens is 2. The first kappa shape index (κ1) is 11.6. The van der Waals surface area contributed by atoms with E-state index in [2.05, 4.69) is 25.9 Å². The number of hydrogen-bond acceptors (Lipinski definition) is 2. The molecule has 0 N–H and O–H groups in total. The molecule has 0 aliphatic carbocycles. The summed E-state index contributed by atoms with van der Waals surface area (Å²) in [6, 6.07) is 13.8. The smallest absolute Gasteiger partial charge is 0.160 e. The molecule has 0 bridgehead atoms. The van der Waals surface area contributed by atoms with Gasteiger partial charge in [0.2, 0.25) is 0 Å². The van der Waals surface area contributed by atoms with E-state index in [0.717, 1.165) is 21.0 Å². The van der Waals surface area contributed by atoms with Gasteiger partial charge in [0.15, 0.2) is 5.65 Å². The minimum Gasteiger partial charge on any atom is -0.237 e. The van der Waals surface area contributed by atoms with Crippen LogP contribution in [0.15, 0.2) is 53.1 Å². The van der Waals surface area contributed by atoms with Crippen LogP contribution < -0.4 is 0 Å². The molecule has 88 valence electrons. The van der Waals surface area contributed by atoms with Gasteiger partial charge < -0.3 is 0 Å². The van der Waals surface area contributed by atoms with Crippen molar-refractivity contribution in [3.8, 4) is 11.1 Å². The van der Waals surface area contributed by atoms with Gasteiger partial charge in [-0.3, -0.25) is 0 Å². The van der Waals surface area contributed by atoms with Crippen LogP contribution in [0.5, 0.6) is 0 Å². The fourth-order valence-corrected chi connectivity index (χ4v) is 2.59. The Morgan fingerprint density at radius 1 is 1.00 bits per heavy atom. The van der Waals surface area contributed by atoms with Gasteiger partial charge in [-0.25, -0.2) is 9.97 Å². The van der Waals surface area contributed by atoms with E-state index in [1.807, 2.05) is 42.5 Å². The Bertz CT molecular complexity index is 728. The summed E-state index contributed by atoms with van der Waals surface area (Å²) in [6.07, 6.45) is 1.71. The van der Waals surface area contributed by atoms with E-state index in [4.69, 9.17) is 11.6 Å². The van der Waals surface area contributed by atoms with Crippen LogP contribution in [0.25, 0.3) is 22.2 Å². The van der Waals surface area contributed by atoms with E-state index < -0.39 is 0 Å². The Hall–Kier alpha value is -1.45. The molecule has 0 fully saturated rings. The predicted molar refractivity (Wildman–Crippen MR) is 77.7 cm³/mol. The highest BCUT2D eigenvalue weighted by Crippen LogP contribution is 2.33. The van der Waals surface area contributed by atoms with Gasteiger partial charge in [0.25, 0.3) is 0 Å². The molecule has 0 spiro atoms. The van der Waals surface area contributed by atoms with Crippen LogP contribution in [0.3, 0.4) is 0 Å². The average molecular weight is 320 g/mol. The first-order valence-electron chi connectivity index (χ1n) is 5.42. The standard InChI is InChI=1S/C14H8BrClN2/c15-12-6-2-1-5-10(12)11-8-9-4-3-7-17-14(9)18-13(11)16/h1-8H. The summed E-state index contributed by atoms with van der Waals surface area (Å²) >= 11 is 9.77. The van der Waals surface area contributed by atoms with E-state index in [9.17, 15) is 0 Å². The third-order valence-corrected chi connectivity index (χ3v) is 3.69. The summed E-state index contributed by atoms with van der Waals surface area (Å²) in [7, 11) is 0. The van der Waals surface area contributed by atoms with E-state index >= 15 is 0 Å². The lowest BCUT2D eigenvalue weighted by molar-refractivity contribution is 1.29. The molecule has 0 saturated carbocycles. The van der Waals surface area contributed by atoms with Gasteiger partial charge in [0.1, 0.15) is 5.15 Å². The monoisotopic (exact) mass is 318 g/mol. The van der Waals surface area contributed by atoms with Crippen molar-refractivity contribution in [3.63, 3.8) is 0 Å². The van der Waals surface area contributed by atoms with E-state index in [-0.39, 0.29) is 0 Å². The first-order valence-corrected chi connectivity index (χ1v) is 6.59. The maximum Gasteiger partial charge on any atom is 0.160 e. The zero-order valence-electron chi connectivity index (χ0n) is 9.27. The Balaban J connectivity index is 2.30. The molecular weight excluding hydrogens is 312 g/mol. The molecular formula is C14H8BrClN2. The van der Waals surface area contributed by atoms with Gasteiger partial charge in [0, 0.05) is 21.6 Å². The Kier molecular flexibility index (Phi) is 3.02. The van der Waals surface area contributed by atoms with Crippen LogP contribution >= 0.6 is 27.5 Å². The molecule has 0 aliphatic rings. The SMILES string of the molecule is Clc1nc2ncccc2cc1-c1ccccc1Br. The van der Waals surface area contributed by atoms with Crippen molar-refractivity contribution in [1.29, 1.82) is 0 Å².